The quantitative estimate of drug-likeness (QED) is 0.629. The molecular weight excluding hydrogens is 148 g/mol. The van der Waals surface area contributed by atoms with Crippen LogP contribution in [0, 0.1) is 11.3 Å². The largest absolute Gasteiger partial charge is 0.389 e. The van der Waals surface area contributed by atoms with E-state index in [0.717, 1.165) is 12.8 Å². The summed E-state index contributed by atoms with van der Waals surface area (Å²) >= 11 is 0. The van der Waals surface area contributed by atoms with Crippen molar-refractivity contribution in [3.05, 3.63) is 12.7 Å². The van der Waals surface area contributed by atoms with Crippen molar-refractivity contribution >= 4 is 0 Å². The molecule has 0 radical (unpaired) electrons. The van der Waals surface area contributed by atoms with Crippen LogP contribution in [0.1, 0.15) is 39.5 Å². The first kappa shape index (κ1) is 9.79. The Bertz CT molecular complexity index is 150. The van der Waals surface area contributed by atoms with Crippen molar-refractivity contribution < 1.29 is 5.11 Å². The molecule has 0 aromatic rings. The van der Waals surface area contributed by atoms with E-state index in [1.165, 1.54) is 12.8 Å². The first-order valence-corrected chi connectivity index (χ1v) is 4.86. The van der Waals surface area contributed by atoms with Crippen LogP contribution < -0.4 is 0 Å². The van der Waals surface area contributed by atoms with E-state index < -0.39 is 0 Å². The molecule has 1 saturated carbocycles. The molecule has 0 bridgehead atoms. The minimum Gasteiger partial charge on any atom is -0.389 e. The summed E-state index contributed by atoms with van der Waals surface area (Å²) in [4.78, 5) is 0. The molecule has 1 atom stereocenters. The maximum absolute atomic E-state index is 9.53. The number of hydrogen-bond donors (Lipinski definition) is 1. The summed E-state index contributed by atoms with van der Waals surface area (Å²) in [5, 5.41) is 9.53. The van der Waals surface area contributed by atoms with Gasteiger partial charge in [-0.25, -0.2) is 0 Å². The van der Waals surface area contributed by atoms with Crippen molar-refractivity contribution in [1.82, 2.24) is 0 Å². The highest BCUT2D eigenvalue weighted by molar-refractivity contribution is 4.89. The minimum absolute atomic E-state index is 0.277. The van der Waals surface area contributed by atoms with Crippen LogP contribution in [-0.4, -0.2) is 11.2 Å². The molecule has 1 heteroatoms. The Morgan fingerprint density at radius 3 is 2.33 bits per heavy atom. The Balaban J connectivity index is 2.40. The SMILES string of the molecule is C=CC(O)C1CCC(C)(C)CC1. The third-order valence-electron chi connectivity index (χ3n) is 3.11. The maximum Gasteiger partial charge on any atom is 0.0746 e. The van der Waals surface area contributed by atoms with E-state index in [2.05, 4.69) is 20.4 Å². The molecule has 0 saturated heterocycles. The van der Waals surface area contributed by atoms with E-state index in [4.69, 9.17) is 0 Å². The van der Waals surface area contributed by atoms with Gasteiger partial charge in [0.05, 0.1) is 6.10 Å². The lowest BCUT2D eigenvalue weighted by Crippen LogP contribution is -2.27. The molecular formula is C11H20O. The van der Waals surface area contributed by atoms with Gasteiger partial charge in [-0.2, -0.15) is 0 Å². The van der Waals surface area contributed by atoms with E-state index >= 15 is 0 Å². The number of hydrogen-bond acceptors (Lipinski definition) is 1. The van der Waals surface area contributed by atoms with Crippen LogP contribution in [0.5, 0.6) is 0 Å². The van der Waals surface area contributed by atoms with Gasteiger partial charge < -0.3 is 5.11 Å². The molecule has 1 N–H and O–H groups in total. The van der Waals surface area contributed by atoms with Gasteiger partial charge >= 0.3 is 0 Å². The summed E-state index contributed by atoms with van der Waals surface area (Å²) in [5.74, 6) is 0.468. The topological polar surface area (TPSA) is 20.2 Å². The molecule has 1 fully saturated rings. The lowest BCUT2D eigenvalue weighted by Gasteiger charge is -2.35. The highest BCUT2D eigenvalue weighted by Crippen LogP contribution is 2.39. The van der Waals surface area contributed by atoms with Crippen molar-refractivity contribution in [3.63, 3.8) is 0 Å². The number of rotatable bonds is 2. The van der Waals surface area contributed by atoms with Gasteiger partial charge in [0, 0.05) is 0 Å². The molecule has 0 amide bonds. The number of aliphatic hydroxyl groups excluding tert-OH is 1. The van der Waals surface area contributed by atoms with Gasteiger partial charge in [-0.3, -0.25) is 0 Å². The Hall–Kier alpha value is -0.300. The molecule has 0 aliphatic heterocycles. The van der Waals surface area contributed by atoms with E-state index in [0.29, 0.717) is 11.3 Å². The van der Waals surface area contributed by atoms with E-state index in [1.54, 1.807) is 6.08 Å². The molecule has 0 spiro atoms. The van der Waals surface area contributed by atoms with Crippen LogP contribution in [0.3, 0.4) is 0 Å². The molecule has 0 aromatic carbocycles. The smallest absolute Gasteiger partial charge is 0.0746 e. The van der Waals surface area contributed by atoms with Crippen LogP contribution in [0.25, 0.3) is 0 Å². The van der Waals surface area contributed by atoms with Crippen molar-refractivity contribution in [2.24, 2.45) is 11.3 Å². The Labute approximate surface area is 75.5 Å². The maximum atomic E-state index is 9.53. The number of aliphatic hydroxyl groups is 1. The zero-order chi connectivity index (χ0) is 9.19. The zero-order valence-corrected chi connectivity index (χ0v) is 8.21. The third kappa shape index (κ3) is 2.34. The molecule has 0 aromatic heterocycles. The summed E-state index contributed by atoms with van der Waals surface area (Å²) in [7, 11) is 0. The first-order chi connectivity index (χ1) is 5.55. The van der Waals surface area contributed by atoms with Crippen LogP contribution in [0.15, 0.2) is 12.7 Å². The minimum atomic E-state index is -0.277. The lowest BCUT2D eigenvalue weighted by atomic mass is 9.72. The Morgan fingerprint density at radius 1 is 1.42 bits per heavy atom. The Morgan fingerprint density at radius 2 is 1.92 bits per heavy atom. The van der Waals surface area contributed by atoms with Gasteiger partial charge in [0.1, 0.15) is 0 Å². The average Bonchev–Trinajstić information content (AvgIpc) is 2.03. The highest BCUT2D eigenvalue weighted by atomic mass is 16.3. The summed E-state index contributed by atoms with van der Waals surface area (Å²) in [6.45, 7) is 8.24. The summed E-state index contributed by atoms with van der Waals surface area (Å²) in [6.07, 6.45) is 6.18. The fraction of sp³-hybridized carbons (Fsp3) is 0.818. The zero-order valence-electron chi connectivity index (χ0n) is 8.21. The van der Waals surface area contributed by atoms with Gasteiger partial charge in [-0.05, 0) is 37.0 Å². The van der Waals surface area contributed by atoms with Crippen LogP contribution in [0.4, 0.5) is 0 Å². The van der Waals surface area contributed by atoms with Gasteiger partial charge in [-0.15, -0.1) is 6.58 Å². The van der Waals surface area contributed by atoms with Crippen LogP contribution >= 0.6 is 0 Å². The van der Waals surface area contributed by atoms with Crippen LogP contribution in [-0.2, 0) is 0 Å². The van der Waals surface area contributed by atoms with Crippen LogP contribution in [0.2, 0.25) is 0 Å². The highest BCUT2D eigenvalue weighted by Gasteiger charge is 2.29. The second-order valence-corrected chi connectivity index (χ2v) is 4.73. The molecule has 70 valence electrons. The van der Waals surface area contributed by atoms with E-state index in [9.17, 15) is 5.11 Å². The van der Waals surface area contributed by atoms with Gasteiger partial charge in [0.2, 0.25) is 0 Å². The summed E-state index contributed by atoms with van der Waals surface area (Å²) in [6, 6.07) is 0. The molecule has 1 aliphatic carbocycles. The van der Waals surface area contributed by atoms with Gasteiger partial charge in [0.15, 0.2) is 0 Å². The monoisotopic (exact) mass is 168 g/mol. The van der Waals surface area contributed by atoms with Gasteiger partial charge in [0.25, 0.3) is 0 Å². The standard InChI is InChI=1S/C11H20O/c1-4-10(12)9-5-7-11(2,3)8-6-9/h4,9-10,12H,1,5-8H2,2-3H3. The first-order valence-electron chi connectivity index (χ1n) is 4.86. The van der Waals surface area contributed by atoms with Gasteiger partial charge in [-0.1, -0.05) is 19.9 Å². The fourth-order valence-electron chi connectivity index (χ4n) is 1.96. The Kier molecular flexibility index (Phi) is 2.94. The molecule has 1 rings (SSSR count). The predicted molar refractivity (Wildman–Crippen MR) is 51.9 cm³/mol. The molecule has 1 unspecified atom stereocenters. The molecule has 0 heterocycles. The second kappa shape index (κ2) is 3.61. The second-order valence-electron chi connectivity index (χ2n) is 4.73. The van der Waals surface area contributed by atoms with Crippen molar-refractivity contribution in [1.29, 1.82) is 0 Å². The third-order valence-corrected chi connectivity index (χ3v) is 3.11. The van der Waals surface area contributed by atoms with E-state index in [-0.39, 0.29) is 6.10 Å². The summed E-state index contributed by atoms with van der Waals surface area (Å²) in [5.41, 5.74) is 0.497. The molecule has 12 heavy (non-hydrogen) atoms. The summed E-state index contributed by atoms with van der Waals surface area (Å²) < 4.78 is 0. The predicted octanol–water partition coefficient (Wildman–Crippen LogP) is 2.75. The van der Waals surface area contributed by atoms with Crippen molar-refractivity contribution in [3.8, 4) is 0 Å². The van der Waals surface area contributed by atoms with E-state index in [1.807, 2.05) is 0 Å². The fourth-order valence-corrected chi connectivity index (χ4v) is 1.96. The van der Waals surface area contributed by atoms with Crippen molar-refractivity contribution in [2.75, 3.05) is 0 Å². The molecule has 1 aliphatic rings. The molecule has 1 nitrogen and oxygen atoms in total. The van der Waals surface area contributed by atoms with Crippen molar-refractivity contribution in [2.45, 2.75) is 45.6 Å². The normalized spacial score (nSPS) is 26.6. The average molecular weight is 168 g/mol. The lowest BCUT2D eigenvalue weighted by molar-refractivity contribution is 0.0881.